The zero-order valence-corrected chi connectivity index (χ0v) is 12.0. The zero-order chi connectivity index (χ0) is 13.0. The van der Waals surface area contributed by atoms with E-state index >= 15 is 0 Å². The van der Waals surface area contributed by atoms with Crippen LogP contribution in [0.1, 0.15) is 37.7 Å². The van der Waals surface area contributed by atoms with Gasteiger partial charge in [-0.2, -0.15) is 11.8 Å². The lowest BCUT2D eigenvalue weighted by Crippen LogP contribution is -2.35. The fraction of sp³-hybridized carbons (Fsp3) is 0.692. The Morgan fingerprint density at radius 2 is 2.06 bits per heavy atom. The Balaban J connectivity index is 2.03. The van der Waals surface area contributed by atoms with Crippen molar-refractivity contribution in [3.63, 3.8) is 0 Å². The minimum absolute atomic E-state index is 0.365. The molecule has 1 saturated carbocycles. The van der Waals surface area contributed by atoms with E-state index in [1.807, 2.05) is 18.7 Å². The summed E-state index contributed by atoms with van der Waals surface area (Å²) in [4.78, 5) is 8.27. The predicted molar refractivity (Wildman–Crippen MR) is 79.0 cm³/mol. The Bertz CT molecular complexity index is 402. The Morgan fingerprint density at radius 3 is 2.72 bits per heavy atom. The summed E-state index contributed by atoms with van der Waals surface area (Å²) >= 11 is 1.99. The standard InChI is InChI=1S/C13H22N4S/c1-10-11(14)16-9-17-12(10)15-8-13(18-2)6-4-3-5-7-13/h9H,3-8H2,1-2H3,(H3,14,15,16,17). The third kappa shape index (κ3) is 2.88. The van der Waals surface area contributed by atoms with E-state index in [2.05, 4.69) is 21.5 Å². The summed E-state index contributed by atoms with van der Waals surface area (Å²) in [6.07, 6.45) is 10.4. The van der Waals surface area contributed by atoms with Gasteiger partial charge in [0.25, 0.3) is 0 Å². The van der Waals surface area contributed by atoms with Crippen LogP contribution in [-0.4, -0.2) is 27.5 Å². The van der Waals surface area contributed by atoms with Crippen LogP contribution < -0.4 is 11.1 Å². The molecule has 0 amide bonds. The summed E-state index contributed by atoms with van der Waals surface area (Å²) in [5.74, 6) is 1.44. The van der Waals surface area contributed by atoms with E-state index in [0.29, 0.717) is 10.6 Å². The lowest BCUT2D eigenvalue weighted by atomic mass is 9.88. The normalized spacial score (nSPS) is 18.6. The van der Waals surface area contributed by atoms with E-state index < -0.39 is 0 Å². The molecule has 1 fully saturated rings. The van der Waals surface area contributed by atoms with Crippen molar-refractivity contribution in [1.82, 2.24) is 9.97 Å². The number of nitrogen functional groups attached to an aromatic ring is 1. The number of hydrogen-bond acceptors (Lipinski definition) is 5. The van der Waals surface area contributed by atoms with Gasteiger partial charge in [-0.1, -0.05) is 19.3 Å². The van der Waals surface area contributed by atoms with Crippen molar-refractivity contribution in [1.29, 1.82) is 0 Å². The third-order valence-electron chi connectivity index (χ3n) is 3.90. The van der Waals surface area contributed by atoms with Crippen LogP contribution in [0, 0.1) is 6.92 Å². The highest BCUT2D eigenvalue weighted by molar-refractivity contribution is 8.00. The first kappa shape index (κ1) is 13.5. The molecule has 0 unspecified atom stereocenters. The smallest absolute Gasteiger partial charge is 0.134 e. The van der Waals surface area contributed by atoms with Crippen LogP contribution in [0.15, 0.2) is 6.33 Å². The van der Waals surface area contributed by atoms with Crippen molar-refractivity contribution < 1.29 is 0 Å². The minimum atomic E-state index is 0.365. The van der Waals surface area contributed by atoms with Gasteiger partial charge < -0.3 is 11.1 Å². The van der Waals surface area contributed by atoms with Crippen LogP contribution >= 0.6 is 11.8 Å². The first-order chi connectivity index (χ1) is 8.67. The average molecular weight is 266 g/mol. The van der Waals surface area contributed by atoms with Crippen molar-refractivity contribution in [2.75, 3.05) is 23.9 Å². The van der Waals surface area contributed by atoms with E-state index in [0.717, 1.165) is 17.9 Å². The molecule has 0 aromatic carbocycles. The molecule has 1 aliphatic rings. The number of anilines is 2. The molecule has 0 aliphatic heterocycles. The van der Waals surface area contributed by atoms with Crippen molar-refractivity contribution in [2.45, 2.75) is 43.8 Å². The van der Waals surface area contributed by atoms with Crippen molar-refractivity contribution >= 4 is 23.4 Å². The number of hydrogen-bond donors (Lipinski definition) is 2. The van der Waals surface area contributed by atoms with Gasteiger partial charge in [-0.15, -0.1) is 0 Å². The van der Waals surface area contributed by atoms with E-state index in [9.17, 15) is 0 Å². The zero-order valence-electron chi connectivity index (χ0n) is 11.2. The monoisotopic (exact) mass is 266 g/mol. The number of aromatic nitrogens is 2. The second-order valence-corrected chi connectivity index (χ2v) is 6.31. The van der Waals surface area contributed by atoms with Gasteiger partial charge >= 0.3 is 0 Å². The van der Waals surface area contributed by atoms with Crippen LogP contribution in [0.2, 0.25) is 0 Å². The molecule has 0 atom stereocenters. The molecule has 1 aliphatic carbocycles. The minimum Gasteiger partial charge on any atom is -0.383 e. The molecule has 2 rings (SSSR count). The van der Waals surface area contributed by atoms with Gasteiger partial charge in [0, 0.05) is 16.9 Å². The Hall–Kier alpha value is -0.970. The van der Waals surface area contributed by atoms with Gasteiger partial charge in [0.1, 0.15) is 18.0 Å². The summed E-state index contributed by atoms with van der Waals surface area (Å²) in [5, 5.41) is 3.46. The van der Waals surface area contributed by atoms with E-state index in [1.165, 1.54) is 38.4 Å². The third-order valence-corrected chi connectivity index (χ3v) is 5.32. The molecule has 0 bridgehead atoms. The van der Waals surface area contributed by atoms with Crippen LogP contribution in [0.4, 0.5) is 11.6 Å². The van der Waals surface area contributed by atoms with Gasteiger partial charge in [-0.25, -0.2) is 9.97 Å². The van der Waals surface area contributed by atoms with Crippen molar-refractivity contribution in [2.24, 2.45) is 0 Å². The highest BCUT2D eigenvalue weighted by Crippen LogP contribution is 2.38. The van der Waals surface area contributed by atoms with E-state index in [4.69, 9.17) is 5.73 Å². The van der Waals surface area contributed by atoms with Crippen LogP contribution in [0.25, 0.3) is 0 Å². The lowest BCUT2D eigenvalue weighted by molar-refractivity contribution is 0.411. The molecular formula is C13H22N4S. The molecular weight excluding hydrogens is 244 g/mol. The number of nitrogens with zero attached hydrogens (tertiary/aromatic N) is 2. The average Bonchev–Trinajstić information content (AvgIpc) is 2.41. The Labute approximate surface area is 113 Å². The van der Waals surface area contributed by atoms with Crippen molar-refractivity contribution in [3.8, 4) is 0 Å². The van der Waals surface area contributed by atoms with E-state index in [-0.39, 0.29) is 0 Å². The molecule has 0 radical (unpaired) electrons. The van der Waals surface area contributed by atoms with E-state index in [1.54, 1.807) is 0 Å². The molecule has 1 aromatic rings. The SMILES string of the molecule is CSC1(CNc2ncnc(N)c2C)CCCCC1. The molecule has 100 valence electrons. The van der Waals surface area contributed by atoms with Gasteiger partial charge in [-0.3, -0.25) is 0 Å². The van der Waals surface area contributed by atoms with Crippen LogP contribution in [0.5, 0.6) is 0 Å². The van der Waals surface area contributed by atoms with Crippen LogP contribution in [0.3, 0.4) is 0 Å². The highest BCUT2D eigenvalue weighted by Gasteiger charge is 2.31. The number of thioether (sulfide) groups is 1. The molecule has 1 aromatic heterocycles. The molecule has 5 heteroatoms. The highest BCUT2D eigenvalue weighted by atomic mass is 32.2. The number of rotatable bonds is 4. The van der Waals surface area contributed by atoms with Crippen molar-refractivity contribution in [3.05, 3.63) is 11.9 Å². The fourth-order valence-corrected chi connectivity index (χ4v) is 3.45. The summed E-state index contributed by atoms with van der Waals surface area (Å²) in [6.45, 7) is 2.93. The second-order valence-electron chi connectivity index (χ2n) is 5.03. The Morgan fingerprint density at radius 1 is 1.33 bits per heavy atom. The number of nitrogens with one attached hydrogen (secondary N) is 1. The Kier molecular flexibility index (Phi) is 4.32. The largest absolute Gasteiger partial charge is 0.383 e. The summed E-state index contributed by atoms with van der Waals surface area (Å²) < 4.78 is 0.365. The quantitative estimate of drug-likeness (QED) is 0.877. The maximum absolute atomic E-state index is 5.80. The number of nitrogens with two attached hydrogens (primary N) is 1. The summed E-state index contributed by atoms with van der Waals surface area (Å²) in [7, 11) is 0. The maximum atomic E-state index is 5.80. The molecule has 0 saturated heterocycles. The molecule has 1 heterocycles. The topological polar surface area (TPSA) is 63.8 Å². The summed E-state index contributed by atoms with van der Waals surface area (Å²) in [6, 6.07) is 0. The fourth-order valence-electron chi connectivity index (χ4n) is 2.54. The predicted octanol–water partition coefficient (Wildman–Crippen LogP) is 2.85. The maximum Gasteiger partial charge on any atom is 0.134 e. The molecule has 4 nitrogen and oxygen atoms in total. The first-order valence-corrected chi connectivity index (χ1v) is 7.75. The second kappa shape index (κ2) is 5.78. The lowest BCUT2D eigenvalue weighted by Gasteiger charge is -2.36. The summed E-state index contributed by atoms with van der Waals surface area (Å²) in [5.41, 5.74) is 6.75. The van der Waals surface area contributed by atoms with Gasteiger partial charge in [0.05, 0.1) is 0 Å². The van der Waals surface area contributed by atoms with Crippen LogP contribution in [-0.2, 0) is 0 Å². The first-order valence-electron chi connectivity index (χ1n) is 6.53. The van der Waals surface area contributed by atoms with Gasteiger partial charge in [0.15, 0.2) is 0 Å². The van der Waals surface area contributed by atoms with Gasteiger partial charge in [-0.05, 0) is 26.0 Å². The molecule has 3 N–H and O–H groups in total. The van der Waals surface area contributed by atoms with Gasteiger partial charge in [0.2, 0.25) is 0 Å². The molecule has 18 heavy (non-hydrogen) atoms. The molecule has 0 spiro atoms.